The molecule has 2 aromatic heterocycles. The molecule has 0 aliphatic heterocycles. The zero-order chi connectivity index (χ0) is 22.1. The second kappa shape index (κ2) is 8.38. The highest BCUT2D eigenvalue weighted by atomic mass is 19.3. The molecule has 0 radical (unpaired) electrons. The SMILES string of the molecule is Cn1cc(-n2nc(-c3ccc(C(F)F)cc3)cc(C(=O)N[C@@H]3CCC[C@@H]3O)c2=O)cn1. The summed E-state index contributed by atoms with van der Waals surface area (Å²) in [6.45, 7) is 0. The molecule has 2 heterocycles. The van der Waals surface area contributed by atoms with Crippen LogP contribution < -0.4 is 10.9 Å². The Labute approximate surface area is 176 Å². The number of carbonyl (C=O) groups is 1. The largest absolute Gasteiger partial charge is 0.391 e. The zero-order valence-electron chi connectivity index (χ0n) is 16.7. The van der Waals surface area contributed by atoms with Crippen molar-refractivity contribution in [1.82, 2.24) is 24.9 Å². The molecule has 3 aromatic rings. The molecule has 0 unspecified atom stereocenters. The summed E-state index contributed by atoms with van der Waals surface area (Å²) >= 11 is 0. The molecule has 0 saturated heterocycles. The molecule has 1 amide bonds. The van der Waals surface area contributed by atoms with Crippen LogP contribution in [-0.4, -0.2) is 42.7 Å². The Kier molecular flexibility index (Phi) is 5.64. The van der Waals surface area contributed by atoms with Gasteiger partial charge in [-0.1, -0.05) is 24.3 Å². The zero-order valence-corrected chi connectivity index (χ0v) is 16.7. The van der Waals surface area contributed by atoms with E-state index in [0.717, 1.165) is 11.1 Å². The minimum atomic E-state index is -2.61. The normalized spacial score (nSPS) is 18.5. The van der Waals surface area contributed by atoms with Crippen LogP contribution in [0.4, 0.5) is 8.78 Å². The Hall–Kier alpha value is -3.40. The van der Waals surface area contributed by atoms with Gasteiger partial charge < -0.3 is 10.4 Å². The minimum Gasteiger partial charge on any atom is -0.391 e. The number of aliphatic hydroxyl groups is 1. The Bertz CT molecular complexity index is 1160. The first kappa shape index (κ1) is 20.9. The van der Waals surface area contributed by atoms with E-state index in [4.69, 9.17) is 0 Å². The fourth-order valence-electron chi connectivity index (χ4n) is 3.65. The number of alkyl halides is 2. The average Bonchev–Trinajstić information content (AvgIpc) is 3.36. The van der Waals surface area contributed by atoms with Gasteiger partial charge in [0.1, 0.15) is 11.3 Å². The van der Waals surface area contributed by atoms with Gasteiger partial charge in [-0.2, -0.15) is 14.9 Å². The molecular weight excluding hydrogens is 408 g/mol. The fraction of sp³-hybridized carbons (Fsp3) is 0.333. The fourth-order valence-corrected chi connectivity index (χ4v) is 3.65. The third-order valence-corrected chi connectivity index (χ3v) is 5.35. The van der Waals surface area contributed by atoms with Crippen molar-refractivity contribution in [1.29, 1.82) is 0 Å². The Balaban J connectivity index is 1.78. The molecular formula is C21H21F2N5O3. The van der Waals surface area contributed by atoms with Crippen LogP contribution in [-0.2, 0) is 7.05 Å². The van der Waals surface area contributed by atoms with E-state index in [9.17, 15) is 23.5 Å². The van der Waals surface area contributed by atoms with Crippen molar-refractivity contribution in [2.45, 2.75) is 37.8 Å². The van der Waals surface area contributed by atoms with Gasteiger partial charge in [0.15, 0.2) is 0 Å². The molecule has 1 fully saturated rings. The predicted octanol–water partition coefficient (Wildman–Crippen LogP) is 2.21. The molecule has 162 valence electrons. The van der Waals surface area contributed by atoms with Gasteiger partial charge in [-0.25, -0.2) is 8.78 Å². The second-order valence-electron chi connectivity index (χ2n) is 7.53. The third kappa shape index (κ3) is 4.24. The summed E-state index contributed by atoms with van der Waals surface area (Å²) < 4.78 is 28.3. The van der Waals surface area contributed by atoms with E-state index in [1.807, 2.05) is 0 Å². The number of halogens is 2. The molecule has 2 atom stereocenters. The van der Waals surface area contributed by atoms with E-state index >= 15 is 0 Å². The van der Waals surface area contributed by atoms with E-state index in [1.54, 1.807) is 13.2 Å². The number of nitrogens with zero attached hydrogens (tertiary/aromatic N) is 4. The molecule has 1 aliphatic carbocycles. The second-order valence-corrected chi connectivity index (χ2v) is 7.53. The number of hydrogen-bond donors (Lipinski definition) is 2. The van der Waals surface area contributed by atoms with Crippen LogP contribution in [0.2, 0.25) is 0 Å². The number of aryl methyl sites for hydroxylation is 1. The standard InChI is InChI=1S/C21H21F2N5O3/c1-27-11-14(10-24-27)28-21(31)15(20(30)25-16-3-2-4-18(16)29)9-17(26-28)12-5-7-13(8-6-12)19(22)23/h5-11,16,18-19,29H,2-4H2,1H3,(H,25,30)/t16-,18+/m1/s1. The van der Waals surface area contributed by atoms with E-state index in [0.29, 0.717) is 24.1 Å². The predicted molar refractivity (Wildman–Crippen MR) is 108 cm³/mol. The van der Waals surface area contributed by atoms with Gasteiger partial charge in [-0.05, 0) is 25.3 Å². The Morgan fingerprint density at radius 1 is 1.26 bits per heavy atom. The maximum Gasteiger partial charge on any atom is 0.284 e. The molecule has 8 nitrogen and oxygen atoms in total. The lowest BCUT2D eigenvalue weighted by Gasteiger charge is -2.17. The number of amides is 1. The third-order valence-electron chi connectivity index (χ3n) is 5.35. The number of rotatable bonds is 5. The first-order valence-corrected chi connectivity index (χ1v) is 9.84. The number of nitrogens with one attached hydrogen (secondary N) is 1. The van der Waals surface area contributed by atoms with Crippen LogP contribution in [0.15, 0.2) is 47.5 Å². The molecule has 1 saturated carbocycles. The van der Waals surface area contributed by atoms with Crippen molar-refractivity contribution >= 4 is 5.91 Å². The highest BCUT2D eigenvalue weighted by molar-refractivity contribution is 5.95. The number of carbonyl (C=O) groups excluding carboxylic acids is 1. The lowest BCUT2D eigenvalue weighted by atomic mass is 10.1. The topological polar surface area (TPSA) is 102 Å². The van der Waals surface area contributed by atoms with Gasteiger partial charge in [0.05, 0.1) is 30.2 Å². The summed E-state index contributed by atoms with van der Waals surface area (Å²) in [4.78, 5) is 25.9. The number of aliphatic hydroxyl groups excluding tert-OH is 1. The van der Waals surface area contributed by atoms with Crippen LogP contribution in [0.25, 0.3) is 16.9 Å². The minimum absolute atomic E-state index is 0.141. The molecule has 2 N–H and O–H groups in total. The molecule has 0 spiro atoms. The van der Waals surface area contributed by atoms with Gasteiger partial charge in [0, 0.05) is 18.2 Å². The summed E-state index contributed by atoms with van der Waals surface area (Å²) in [6.07, 6.45) is 1.73. The van der Waals surface area contributed by atoms with Crippen molar-refractivity contribution in [3.8, 4) is 16.9 Å². The molecule has 31 heavy (non-hydrogen) atoms. The van der Waals surface area contributed by atoms with Gasteiger partial charge >= 0.3 is 0 Å². The smallest absolute Gasteiger partial charge is 0.284 e. The lowest BCUT2D eigenvalue weighted by Crippen LogP contribution is -2.42. The van der Waals surface area contributed by atoms with Crippen molar-refractivity contribution in [2.75, 3.05) is 0 Å². The lowest BCUT2D eigenvalue weighted by molar-refractivity contribution is 0.0871. The molecule has 4 rings (SSSR count). The van der Waals surface area contributed by atoms with Gasteiger partial charge in [0.2, 0.25) is 0 Å². The summed E-state index contributed by atoms with van der Waals surface area (Å²) in [5.41, 5.74) is 0.140. The van der Waals surface area contributed by atoms with Crippen molar-refractivity contribution < 1.29 is 18.7 Å². The highest BCUT2D eigenvalue weighted by Crippen LogP contribution is 2.24. The van der Waals surface area contributed by atoms with Crippen LogP contribution in [0.3, 0.4) is 0 Å². The average molecular weight is 429 g/mol. The molecule has 0 bridgehead atoms. The van der Waals surface area contributed by atoms with E-state index in [1.165, 1.54) is 41.2 Å². The van der Waals surface area contributed by atoms with Crippen LogP contribution >= 0.6 is 0 Å². The van der Waals surface area contributed by atoms with Gasteiger partial charge in [-0.15, -0.1) is 0 Å². The quantitative estimate of drug-likeness (QED) is 0.648. The number of benzene rings is 1. The molecule has 1 aromatic carbocycles. The summed E-state index contributed by atoms with van der Waals surface area (Å²) in [5, 5.41) is 21.1. The molecule has 1 aliphatic rings. The maximum atomic E-state index is 13.0. The number of aromatic nitrogens is 4. The number of hydrogen-bond acceptors (Lipinski definition) is 5. The van der Waals surface area contributed by atoms with E-state index in [2.05, 4.69) is 15.5 Å². The van der Waals surface area contributed by atoms with Crippen LogP contribution in [0.1, 0.15) is 41.6 Å². The first-order chi connectivity index (χ1) is 14.8. The van der Waals surface area contributed by atoms with Crippen molar-refractivity contribution in [3.05, 3.63) is 64.2 Å². The van der Waals surface area contributed by atoms with Crippen molar-refractivity contribution in [3.63, 3.8) is 0 Å². The summed E-state index contributed by atoms with van der Waals surface area (Å²) in [5.74, 6) is -0.624. The summed E-state index contributed by atoms with van der Waals surface area (Å²) in [6, 6.07) is 6.38. The van der Waals surface area contributed by atoms with Crippen LogP contribution in [0.5, 0.6) is 0 Å². The molecule has 10 heteroatoms. The van der Waals surface area contributed by atoms with Crippen LogP contribution in [0, 0.1) is 0 Å². The Morgan fingerprint density at radius 3 is 2.58 bits per heavy atom. The van der Waals surface area contributed by atoms with Gasteiger partial charge in [-0.3, -0.25) is 14.3 Å². The van der Waals surface area contributed by atoms with Gasteiger partial charge in [0.25, 0.3) is 17.9 Å². The summed E-state index contributed by atoms with van der Waals surface area (Å²) in [7, 11) is 1.68. The maximum absolute atomic E-state index is 13.0. The monoisotopic (exact) mass is 429 g/mol. The van der Waals surface area contributed by atoms with E-state index < -0.39 is 30.0 Å². The highest BCUT2D eigenvalue weighted by Gasteiger charge is 2.28. The first-order valence-electron chi connectivity index (χ1n) is 9.84. The Morgan fingerprint density at radius 2 is 2.00 bits per heavy atom. The van der Waals surface area contributed by atoms with Crippen molar-refractivity contribution in [2.24, 2.45) is 7.05 Å². The van der Waals surface area contributed by atoms with E-state index in [-0.39, 0.29) is 16.8 Å².